The first-order chi connectivity index (χ1) is 12.6. The zero-order valence-electron chi connectivity index (χ0n) is 14.6. The number of carbonyl (C=O) groups excluding carboxylic acids is 1. The van der Waals surface area contributed by atoms with Crippen molar-refractivity contribution in [2.75, 3.05) is 25.1 Å². The molecule has 2 aliphatic rings. The topological polar surface area (TPSA) is 111 Å². The van der Waals surface area contributed by atoms with Gasteiger partial charge in [-0.1, -0.05) is 5.16 Å². The van der Waals surface area contributed by atoms with Crippen LogP contribution in [0.1, 0.15) is 35.8 Å². The summed E-state index contributed by atoms with van der Waals surface area (Å²) in [5.74, 6) is 0.942. The van der Waals surface area contributed by atoms with Gasteiger partial charge in [-0.05, 0) is 13.0 Å². The number of nitrogens with zero attached hydrogens (tertiary/aromatic N) is 3. The summed E-state index contributed by atoms with van der Waals surface area (Å²) < 4.78 is 16.2. The zero-order chi connectivity index (χ0) is 18.0. The van der Waals surface area contributed by atoms with Gasteiger partial charge in [-0.25, -0.2) is 4.79 Å². The van der Waals surface area contributed by atoms with Crippen LogP contribution in [0.15, 0.2) is 16.8 Å². The molecule has 0 aromatic carbocycles. The summed E-state index contributed by atoms with van der Waals surface area (Å²) in [4.78, 5) is 21.4. The minimum atomic E-state index is -0.728. The van der Waals surface area contributed by atoms with Crippen molar-refractivity contribution in [2.45, 2.75) is 38.3 Å². The Bertz CT molecular complexity index is 800. The summed E-state index contributed by atoms with van der Waals surface area (Å²) in [5.41, 5.74) is 1.91. The number of ether oxygens (including phenoxy) is 2. The summed E-state index contributed by atoms with van der Waals surface area (Å²) >= 11 is 0. The van der Waals surface area contributed by atoms with Crippen molar-refractivity contribution in [1.29, 1.82) is 0 Å². The van der Waals surface area contributed by atoms with Crippen molar-refractivity contribution in [3.63, 3.8) is 0 Å². The van der Waals surface area contributed by atoms with Crippen LogP contribution in [0.4, 0.5) is 10.5 Å². The maximum absolute atomic E-state index is 12.6. The third-order valence-corrected chi connectivity index (χ3v) is 4.69. The van der Waals surface area contributed by atoms with Gasteiger partial charge in [0.1, 0.15) is 5.54 Å². The van der Waals surface area contributed by atoms with Crippen LogP contribution < -0.4 is 10.6 Å². The minimum Gasteiger partial charge on any atom is -0.381 e. The number of anilines is 1. The van der Waals surface area contributed by atoms with Crippen LogP contribution in [0.5, 0.6) is 0 Å². The molecule has 0 unspecified atom stereocenters. The Morgan fingerprint density at radius 1 is 1.23 bits per heavy atom. The average Bonchev–Trinajstić information content (AvgIpc) is 3.09. The Kier molecular flexibility index (Phi) is 4.56. The lowest BCUT2D eigenvalue weighted by Gasteiger charge is -2.34. The molecule has 26 heavy (non-hydrogen) atoms. The van der Waals surface area contributed by atoms with E-state index in [0.29, 0.717) is 56.7 Å². The molecule has 9 nitrogen and oxygen atoms in total. The van der Waals surface area contributed by atoms with Gasteiger partial charge in [0.2, 0.25) is 0 Å². The monoisotopic (exact) mass is 359 g/mol. The Balaban J connectivity index is 1.50. The quantitative estimate of drug-likeness (QED) is 0.857. The maximum atomic E-state index is 12.6. The molecule has 2 aromatic rings. The number of urea groups is 1. The third-order valence-electron chi connectivity index (χ3n) is 4.69. The fourth-order valence-corrected chi connectivity index (χ4v) is 3.29. The number of nitrogens with one attached hydrogen (secondary N) is 2. The second-order valence-corrected chi connectivity index (χ2v) is 6.55. The summed E-state index contributed by atoms with van der Waals surface area (Å²) in [7, 11) is 0. The SMILES string of the molecule is Cc1noc(C2(NC(=O)Nc3cnc4c(c3)COCC4)CCOCC2)n1. The number of hydrogen-bond acceptors (Lipinski definition) is 7. The highest BCUT2D eigenvalue weighted by atomic mass is 16.5. The van der Waals surface area contributed by atoms with Gasteiger partial charge >= 0.3 is 6.03 Å². The summed E-state index contributed by atoms with van der Waals surface area (Å²) in [6, 6.07) is 1.55. The lowest BCUT2D eigenvalue weighted by molar-refractivity contribution is 0.0285. The molecular weight excluding hydrogens is 338 g/mol. The van der Waals surface area contributed by atoms with E-state index in [1.54, 1.807) is 13.1 Å². The van der Waals surface area contributed by atoms with Crippen LogP contribution in [0, 0.1) is 6.92 Å². The molecule has 1 saturated heterocycles. The number of carbonyl (C=O) groups is 1. The molecule has 9 heteroatoms. The Morgan fingerprint density at radius 3 is 2.85 bits per heavy atom. The van der Waals surface area contributed by atoms with Gasteiger partial charge in [-0.2, -0.15) is 4.98 Å². The van der Waals surface area contributed by atoms with Crippen molar-refractivity contribution < 1.29 is 18.8 Å². The van der Waals surface area contributed by atoms with Crippen LogP contribution in [0.2, 0.25) is 0 Å². The van der Waals surface area contributed by atoms with E-state index in [-0.39, 0.29) is 6.03 Å². The van der Waals surface area contributed by atoms with Gasteiger partial charge in [0.25, 0.3) is 5.89 Å². The van der Waals surface area contributed by atoms with Gasteiger partial charge in [0, 0.05) is 43.7 Å². The number of fused-ring (bicyclic) bond motifs is 1. The molecule has 2 N–H and O–H groups in total. The minimum absolute atomic E-state index is 0.346. The number of rotatable bonds is 3. The van der Waals surface area contributed by atoms with Crippen LogP contribution in [0.25, 0.3) is 0 Å². The summed E-state index contributed by atoms with van der Waals surface area (Å²) in [5, 5.41) is 9.70. The van der Waals surface area contributed by atoms with Crippen molar-refractivity contribution in [1.82, 2.24) is 20.4 Å². The number of aromatic nitrogens is 3. The molecule has 0 saturated carbocycles. The molecular formula is C17H21N5O4. The standard InChI is InChI=1S/C17H21N5O4/c1-11-19-15(26-22-11)17(3-6-24-7-4-17)21-16(23)20-13-8-12-10-25-5-2-14(12)18-9-13/h8-9H,2-7,10H2,1H3,(H2,20,21,23). The maximum Gasteiger partial charge on any atom is 0.320 e. The molecule has 0 bridgehead atoms. The van der Waals surface area contributed by atoms with E-state index in [1.165, 1.54) is 0 Å². The van der Waals surface area contributed by atoms with Crippen molar-refractivity contribution in [2.24, 2.45) is 0 Å². The summed E-state index contributed by atoms with van der Waals surface area (Å²) in [6.45, 7) is 3.98. The fraction of sp³-hybridized carbons (Fsp3) is 0.529. The van der Waals surface area contributed by atoms with E-state index in [9.17, 15) is 4.79 Å². The predicted molar refractivity (Wildman–Crippen MR) is 90.5 cm³/mol. The first-order valence-corrected chi connectivity index (χ1v) is 8.68. The largest absolute Gasteiger partial charge is 0.381 e. The molecule has 138 valence electrons. The highest BCUT2D eigenvalue weighted by molar-refractivity contribution is 5.89. The second-order valence-electron chi connectivity index (χ2n) is 6.55. The van der Waals surface area contributed by atoms with E-state index in [2.05, 4.69) is 25.8 Å². The lowest BCUT2D eigenvalue weighted by atomic mass is 9.90. The molecule has 2 aromatic heterocycles. The van der Waals surface area contributed by atoms with E-state index in [0.717, 1.165) is 17.7 Å². The Labute approximate surface area is 150 Å². The van der Waals surface area contributed by atoms with Crippen LogP contribution in [-0.4, -0.2) is 41.0 Å². The highest BCUT2D eigenvalue weighted by Crippen LogP contribution is 2.31. The molecule has 0 aliphatic carbocycles. The first kappa shape index (κ1) is 16.9. The molecule has 0 atom stereocenters. The zero-order valence-corrected chi connectivity index (χ0v) is 14.6. The number of amides is 2. The average molecular weight is 359 g/mol. The molecule has 0 radical (unpaired) electrons. The molecule has 4 heterocycles. The fourth-order valence-electron chi connectivity index (χ4n) is 3.29. The first-order valence-electron chi connectivity index (χ1n) is 8.68. The second kappa shape index (κ2) is 7.00. The van der Waals surface area contributed by atoms with Gasteiger partial charge in [0.15, 0.2) is 5.82 Å². The van der Waals surface area contributed by atoms with E-state index >= 15 is 0 Å². The van der Waals surface area contributed by atoms with Gasteiger partial charge in [0.05, 0.1) is 25.1 Å². The summed E-state index contributed by atoms with van der Waals surface area (Å²) in [6.07, 6.45) is 3.59. The van der Waals surface area contributed by atoms with E-state index in [4.69, 9.17) is 14.0 Å². The molecule has 4 rings (SSSR count). The molecule has 0 spiro atoms. The van der Waals surface area contributed by atoms with Crippen LogP contribution >= 0.6 is 0 Å². The van der Waals surface area contributed by atoms with Gasteiger partial charge in [-0.15, -0.1) is 0 Å². The number of pyridine rings is 1. The predicted octanol–water partition coefficient (Wildman–Crippen LogP) is 1.67. The smallest absolute Gasteiger partial charge is 0.320 e. The lowest BCUT2D eigenvalue weighted by Crippen LogP contribution is -2.51. The van der Waals surface area contributed by atoms with Crippen LogP contribution in [0.3, 0.4) is 0 Å². The van der Waals surface area contributed by atoms with Crippen molar-refractivity contribution in [3.8, 4) is 0 Å². The normalized spacial score (nSPS) is 18.8. The van der Waals surface area contributed by atoms with E-state index < -0.39 is 5.54 Å². The molecule has 1 fully saturated rings. The highest BCUT2D eigenvalue weighted by Gasteiger charge is 2.41. The Morgan fingerprint density at radius 2 is 2.08 bits per heavy atom. The number of aryl methyl sites for hydroxylation is 1. The molecule has 2 amide bonds. The third kappa shape index (κ3) is 3.40. The van der Waals surface area contributed by atoms with Crippen molar-refractivity contribution >= 4 is 11.7 Å². The van der Waals surface area contributed by atoms with Crippen molar-refractivity contribution in [3.05, 3.63) is 35.2 Å². The molecule has 2 aliphatic heterocycles. The Hall–Kier alpha value is -2.52. The number of hydrogen-bond donors (Lipinski definition) is 2. The van der Waals surface area contributed by atoms with Gasteiger partial charge < -0.3 is 24.6 Å². The van der Waals surface area contributed by atoms with E-state index in [1.807, 2.05) is 6.07 Å². The van der Waals surface area contributed by atoms with Gasteiger partial charge in [-0.3, -0.25) is 4.98 Å². The van der Waals surface area contributed by atoms with Crippen LogP contribution in [-0.2, 0) is 28.0 Å².